The number of aromatic nitrogens is 2. The maximum atomic E-state index is 12.4. The van der Waals surface area contributed by atoms with E-state index in [0.717, 1.165) is 30.2 Å². The molecule has 1 atom stereocenters. The molecule has 0 aromatic carbocycles. The van der Waals surface area contributed by atoms with Crippen LogP contribution in [0.25, 0.3) is 10.6 Å². The highest BCUT2D eigenvalue weighted by molar-refractivity contribution is 7.16. The molecular weight excluding hydrogens is 272 g/mol. The van der Waals surface area contributed by atoms with Crippen LogP contribution in [-0.4, -0.2) is 46.5 Å². The Morgan fingerprint density at radius 1 is 1.45 bits per heavy atom. The Morgan fingerprint density at radius 3 is 3.00 bits per heavy atom. The van der Waals surface area contributed by atoms with Gasteiger partial charge in [-0.25, -0.2) is 4.98 Å². The molecule has 1 saturated heterocycles. The molecule has 0 bridgehead atoms. The van der Waals surface area contributed by atoms with Crippen molar-refractivity contribution < 1.29 is 4.79 Å². The van der Waals surface area contributed by atoms with Gasteiger partial charge in [-0.15, -0.1) is 11.3 Å². The molecule has 104 valence electrons. The van der Waals surface area contributed by atoms with Crippen molar-refractivity contribution in [3.63, 3.8) is 0 Å². The number of amides is 1. The first kappa shape index (κ1) is 13.2. The molecule has 1 aliphatic heterocycles. The van der Waals surface area contributed by atoms with Crippen LogP contribution in [0.15, 0.2) is 30.7 Å². The molecule has 6 heteroatoms. The van der Waals surface area contributed by atoms with E-state index in [1.807, 2.05) is 17.0 Å². The lowest BCUT2D eigenvalue weighted by molar-refractivity contribution is 0.0714. The van der Waals surface area contributed by atoms with Gasteiger partial charge in [0.2, 0.25) is 0 Å². The van der Waals surface area contributed by atoms with Crippen molar-refractivity contribution in [3.05, 3.63) is 35.6 Å². The molecule has 1 amide bonds. The van der Waals surface area contributed by atoms with Gasteiger partial charge < -0.3 is 10.2 Å². The van der Waals surface area contributed by atoms with Crippen LogP contribution in [0.2, 0.25) is 0 Å². The highest BCUT2D eigenvalue weighted by Crippen LogP contribution is 2.25. The van der Waals surface area contributed by atoms with E-state index < -0.39 is 0 Å². The Balaban J connectivity index is 1.78. The Labute approximate surface area is 121 Å². The minimum absolute atomic E-state index is 0.0798. The first-order valence-corrected chi connectivity index (χ1v) is 7.44. The smallest absolute Gasteiger partial charge is 0.265 e. The molecule has 0 unspecified atom stereocenters. The summed E-state index contributed by atoms with van der Waals surface area (Å²) in [5, 5.41) is 4.20. The fraction of sp³-hybridized carbons (Fsp3) is 0.357. The van der Waals surface area contributed by atoms with Gasteiger partial charge >= 0.3 is 0 Å². The van der Waals surface area contributed by atoms with Crippen molar-refractivity contribution in [1.82, 2.24) is 20.2 Å². The number of rotatable bonds is 2. The average molecular weight is 288 g/mol. The molecule has 1 N–H and O–H groups in total. The highest BCUT2D eigenvalue weighted by atomic mass is 32.1. The summed E-state index contributed by atoms with van der Waals surface area (Å²) in [7, 11) is 0. The fourth-order valence-electron chi connectivity index (χ4n) is 2.27. The second-order valence-corrected chi connectivity index (χ2v) is 5.90. The lowest BCUT2D eigenvalue weighted by Gasteiger charge is -2.31. The zero-order valence-corrected chi connectivity index (χ0v) is 12.1. The molecule has 3 rings (SSSR count). The van der Waals surface area contributed by atoms with E-state index in [4.69, 9.17) is 0 Å². The lowest BCUT2D eigenvalue weighted by Crippen LogP contribution is -2.51. The van der Waals surface area contributed by atoms with E-state index in [1.165, 1.54) is 11.3 Å². The number of pyridine rings is 1. The van der Waals surface area contributed by atoms with Crippen LogP contribution in [0.5, 0.6) is 0 Å². The topological polar surface area (TPSA) is 58.1 Å². The van der Waals surface area contributed by atoms with E-state index >= 15 is 0 Å². The number of nitrogens with zero attached hydrogens (tertiary/aromatic N) is 3. The molecule has 0 saturated carbocycles. The predicted molar refractivity (Wildman–Crippen MR) is 78.7 cm³/mol. The monoisotopic (exact) mass is 288 g/mol. The third-order valence-electron chi connectivity index (χ3n) is 3.30. The molecule has 1 aliphatic rings. The van der Waals surface area contributed by atoms with E-state index in [0.29, 0.717) is 10.9 Å². The summed E-state index contributed by atoms with van der Waals surface area (Å²) in [5.74, 6) is 0.0798. The molecule has 20 heavy (non-hydrogen) atoms. The normalized spacial score (nSPS) is 19.1. The maximum absolute atomic E-state index is 12.4. The quantitative estimate of drug-likeness (QED) is 0.912. The number of hydrogen-bond acceptors (Lipinski definition) is 5. The van der Waals surface area contributed by atoms with Gasteiger partial charge in [0.15, 0.2) is 0 Å². The third kappa shape index (κ3) is 2.71. The van der Waals surface area contributed by atoms with Gasteiger partial charge in [0, 0.05) is 43.6 Å². The van der Waals surface area contributed by atoms with Gasteiger partial charge in [-0.05, 0) is 19.1 Å². The highest BCUT2D eigenvalue weighted by Gasteiger charge is 2.23. The minimum Gasteiger partial charge on any atom is -0.335 e. The van der Waals surface area contributed by atoms with E-state index in [9.17, 15) is 4.79 Å². The second-order valence-electron chi connectivity index (χ2n) is 4.87. The summed E-state index contributed by atoms with van der Waals surface area (Å²) in [5.41, 5.74) is 0.998. The van der Waals surface area contributed by atoms with Gasteiger partial charge in [0.05, 0.1) is 6.20 Å². The fourth-order valence-corrected chi connectivity index (χ4v) is 3.16. The Morgan fingerprint density at radius 2 is 2.25 bits per heavy atom. The standard InChI is InChI=1S/C14H16N4OS/c1-10-9-18(7-6-16-10)14(19)12-8-17-13(20-12)11-2-4-15-5-3-11/h2-5,8,10,16H,6-7,9H2,1H3/t10-/m0/s1. The summed E-state index contributed by atoms with van der Waals surface area (Å²) in [6.07, 6.45) is 5.14. The minimum atomic E-state index is 0.0798. The van der Waals surface area contributed by atoms with Gasteiger partial charge in [-0.3, -0.25) is 9.78 Å². The molecule has 5 nitrogen and oxygen atoms in total. The predicted octanol–water partition coefficient (Wildman–Crippen LogP) is 1.64. The Bertz CT molecular complexity index is 598. The van der Waals surface area contributed by atoms with Gasteiger partial charge in [0.25, 0.3) is 5.91 Å². The van der Waals surface area contributed by atoms with Gasteiger partial charge in [-0.1, -0.05) is 0 Å². The average Bonchev–Trinajstić information content (AvgIpc) is 2.97. The molecular formula is C14H16N4OS. The van der Waals surface area contributed by atoms with E-state index in [-0.39, 0.29) is 5.91 Å². The molecule has 3 heterocycles. The maximum Gasteiger partial charge on any atom is 0.265 e. The van der Waals surface area contributed by atoms with Crippen molar-refractivity contribution in [2.75, 3.05) is 19.6 Å². The number of thiazole rings is 1. The molecule has 0 spiro atoms. The number of nitrogens with one attached hydrogen (secondary N) is 1. The van der Waals surface area contributed by atoms with Crippen molar-refractivity contribution >= 4 is 17.2 Å². The van der Waals surface area contributed by atoms with Crippen molar-refractivity contribution in [3.8, 4) is 10.6 Å². The number of hydrogen-bond donors (Lipinski definition) is 1. The summed E-state index contributed by atoms with van der Waals surface area (Å²) < 4.78 is 0. The number of carbonyl (C=O) groups is 1. The van der Waals surface area contributed by atoms with Crippen LogP contribution < -0.4 is 5.32 Å². The Kier molecular flexibility index (Phi) is 3.75. The van der Waals surface area contributed by atoms with E-state index in [1.54, 1.807) is 18.6 Å². The van der Waals surface area contributed by atoms with E-state index in [2.05, 4.69) is 22.2 Å². The zero-order chi connectivity index (χ0) is 13.9. The summed E-state index contributed by atoms with van der Waals surface area (Å²) in [4.78, 5) is 23.4. The number of piperazine rings is 1. The molecule has 1 fully saturated rings. The summed E-state index contributed by atoms with van der Waals surface area (Å²) in [6.45, 7) is 4.45. The van der Waals surface area contributed by atoms with Crippen LogP contribution >= 0.6 is 11.3 Å². The zero-order valence-electron chi connectivity index (χ0n) is 11.2. The van der Waals surface area contributed by atoms with Gasteiger partial charge in [-0.2, -0.15) is 0 Å². The van der Waals surface area contributed by atoms with Crippen LogP contribution in [0, 0.1) is 0 Å². The van der Waals surface area contributed by atoms with Crippen LogP contribution in [0.3, 0.4) is 0 Å². The molecule has 0 aliphatic carbocycles. The largest absolute Gasteiger partial charge is 0.335 e. The first-order valence-electron chi connectivity index (χ1n) is 6.63. The summed E-state index contributed by atoms with van der Waals surface area (Å²) >= 11 is 1.44. The molecule has 2 aromatic rings. The van der Waals surface area contributed by atoms with Crippen molar-refractivity contribution in [2.24, 2.45) is 0 Å². The van der Waals surface area contributed by atoms with Gasteiger partial charge in [0.1, 0.15) is 9.88 Å². The summed E-state index contributed by atoms with van der Waals surface area (Å²) in [6, 6.07) is 4.15. The lowest BCUT2D eigenvalue weighted by atomic mass is 10.2. The SMILES string of the molecule is C[C@H]1CN(C(=O)c2cnc(-c3ccncc3)s2)CCN1. The van der Waals surface area contributed by atoms with Crippen LogP contribution in [0.4, 0.5) is 0 Å². The van der Waals surface area contributed by atoms with Crippen molar-refractivity contribution in [1.29, 1.82) is 0 Å². The Hall–Kier alpha value is -1.79. The first-order chi connectivity index (χ1) is 9.74. The van der Waals surface area contributed by atoms with Crippen LogP contribution in [0.1, 0.15) is 16.6 Å². The van der Waals surface area contributed by atoms with Crippen molar-refractivity contribution in [2.45, 2.75) is 13.0 Å². The number of carbonyl (C=O) groups excluding carboxylic acids is 1. The molecule has 2 aromatic heterocycles. The second kappa shape index (κ2) is 5.68. The van der Waals surface area contributed by atoms with Crippen LogP contribution in [-0.2, 0) is 0 Å². The molecule has 0 radical (unpaired) electrons. The third-order valence-corrected chi connectivity index (χ3v) is 4.33.